The summed E-state index contributed by atoms with van der Waals surface area (Å²) in [5.41, 5.74) is 6.61. The van der Waals surface area contributed by atoms with Gasteiger partial charge < -0.3 is 0 Å². The van der Waals surface area contributed by atoms with E-state index in [9.17, 15) is 0 Å². The molecule has 0 amide bonds. The summed E-state index contributed by atoms with van der Waals surface area (Å²) >= 11 is 3.53. The highest BCUT2D eigenvalue weighted by molar-refractivity contribution is 9.10. The van der Waals surface area contributed by atoms with Crippen LogP contribution in [-0.4, -0.2) is 0 Å². The van der Waals surface area contributed by atoms with Crippen molar-refractivity contribution in [2.24, 2.45) is 0 Å². The first-order valence-electron chi connectivity index (χ1n) is 5.42. The molecular weight excluding hydrogens is 260 g/mol. The Hall–Kier alpha value is -1.08. The Morgan fingerprint density at radius 2 is 1.62 bits per heavy atom. The molecule has 1 heteroatoms. The van der Waals surface area contributed by atoms with Crippen LogP contribution in [0.15, 0.2) is 40.9 Å². The van der Waals surface area contributed by atoms with Crippen molar-refractivity contribution in [3.8, 4) is 11.1 Å². The molecule has 0 fully saturated rings. The minimum atomic E-state index is 1.17. The maximum atomic E-state index is 3.53. The topological polar surface area (TPSA) is 0 Å². The molecule has 2 rings (SSSR count). The fourth-order valence-electron chi connectivity index (χ4n) is 1.88. The Bertz CT molecular complexity index is 527. The molecule has 0 N–H and O–H groups in total. The lowest BCUT2D eigenvalue weighted by atomic mass is 9.96. The van der Waals surface area contributed by atoms with Crippen LogP contribution in [0.2, 0.25) is 0 Å². The van der Waals surface area contributed by atoms with E-state index < -0.39 is 0 Å². The van der Waals surface area contributed by atoms with Gasteiger partial charge in [-0.2, -0.15) is 0 Å². The smallest absolute Gasteiger partial charge is 0.0204 e. The summed E-state index contributed by atoms with van der Waals surface area (Å²) in [6.45, 7) is 6.46. The summed E-state index contributed by atoms with van der Waals surface area (Å²) in [4.78, 5) is 0. The summed E-state index contributed by atoms with van der Waals surface area (Å²) < 4.78 is 1.17. The molecule has 0 heterocycles. The van der Waals surface area contributed by atoms with Crippen molar-refractivity contribution in [3.05, 3.63) is 57.6 Å². The summed E-state index contributed by atoms with van der Waals surface area (Å²) in [5, 5.41) is 0. The molecule has 0 aliphatic carbocycles. The summed E-state index contributed by atoms with van der Waals surface area (Å²) in [6, 6.07) is 13.0. The largest absolute Gasteiger partial charge is 0.0614 e. The quantitative estimate of drug-likeness (QED) is 0.683. The zero-order valence-electron chi connectivity index (χ0n) is 9.84. The number of hydrogen-bond acceptors (Lipinski definition) is 0. The molecule has 2 aromatic carbocycles. The van der Waals surface area contributed by atoms with Crippen LogP contribution in [0, 0.1) is 20.8 Å². The standard InChI is InChI=1S/C15H15Br/c1-10-5-4-6-14(12(10)3)13-7-8-15(16)11(2)9-13/h4-9H,1-3H3. The van der Waals surface area contributed by atoms with E-state index in [1.165, 1.54) is 32.3 Å². The molecular formula is C15H15Br. The van der Waals surface area contributed by atoms with Gasteiger partial charge in [-0.05, 0) is 54.7 Å². The predicted molar refractivity (Wildman–Crippen MR) is 73.8 cm³/mol. The van der Waals surface area contributed by atoms with E-state index >= 15 is 0 Å². The van der Waals surface area contributed by atoms with Gasteiger partial charge in [0.25, 0.3) is 0 Å². The summed E-state index contributed by atoms with van der Waals surface area (Å²) in [7, 11) is 0. The average Bonchev–Trinajstić information content (AvgIpc) is 2.26. The minimum Gasteiger partial charge on any atom is -0.0614 e. The van der Waals surface area contributed by atoms with E-state index in [1.54, 1.807) is 0 Å². The van der Waals surface area contributed by atoms with Gasteiger partial charge in [0.05, 0.1) is 0 Å². The van der Waals surface area contributed by atoms with Crippen molar-refractivity contribution < 1.29 is 0 Å². The average molecular weight is 275 g/mol. The van der Waals surface area contributed by atoms with Gasteiger partial charge in [-0.25, -0.2) is 0 Å². The Labute approximate surface area is 105 Å². The zero-order valence-corrected chi connectivity index (χ0v) is 11.4. The van der Waals surface area contributed by atoms with Crippen molar-refractivity contribution in [1.29, 1.82) is 0 Å². The first-order valence-corrected chi connectivity index (χ1v) is 6.21. The Morgan fingerprint density at radius 1 is 0.875 bits per heavy atom. The van der Waals surface area contributed by atoms with E-state index in [2.05, 4.69) is 73.1 Å². The third kappa shape index (κ3) is 2.05. The zero-order chi connectivity index (χ0) is 11.7. The van der Waals surface area contributed by atoms with Gasteiger partial charge in [0.15, 0.2) is 0 Å². The van der Waals surface area contributed by atoms with Crippen LogP contribution in [0.1, 0.15) is 16.7 Å². The van der Waals surface area contributed by atoms with Crippen molar-refractivity contribution in [2.45, 2.75) is 20.8 Å². The lowest BCUT2D eigenvalue weighted by molar-refractivity contribution is 1.33. The molecule has 0 saturated carbocycles. The van der Waals surface area contributed by atoms with Gasteiger partial charge in [-0.15, -0.1) is 0 Å². The lowest BCUT2D eigenvalue weighted by Crippen LogP contribution is -1.87. The molecule has 0 radical (unpaired) electrons. The number of rotatable bonds is 1. The van der Waals surface area contributed by atoms with Crippen molar-refractivity contribution >= 4 is 15.9 Å². The highest BCUT2D eigenvalue weighted by Crippen LogP contribution is 2.28. The molecule has 16 heavy (non-hydrogen) atoms. The van der Waals surface area contributed by atoms with Crippen LogP contribution >= 0.6 is 15.9 Å². The Kier molecular flexibility index (Phi) is 3.15. The second-order valence-corrected chi connectivity index (χ2v) is 5.07. The third-order valence-corrected chi connectivity index (χ3v) is 3.96. The summed E-state index contributed by atoms with van der Waals surface area (Å²) in [6.07, 6.45) is 0. The van der Waals surface area contributed by atoms with E-state index in [1.807, 2.05) is 0 Å². The van der Waals surface area contributed by atoms with Crippen LogP contribution in [0.4, 0.5) is 0 Å². The van der Waals surface area contributed by atoms with E-state index in [4.69, 9.17) is 0 Å². The van der Waals surface area contributed by atoms with Gasteiger partial charge in [0, 0.05) is 4.47 Å². The second kappa shape index (κ2) is 4.42. The molecule has 0 aliphatic heterocycles. The van der Waals surface area contributed by atoms with Crippen molar-refractivity contribution in [3.63, 3.8) is 0 Å². The molecule has 0 nitrogen and oxygen atoms in total. The number of benzene rings is 2. The third-order valence-electron chi connectivity index (χ3n) is 3.07. The number of halogens is 1. The first kappa shape index (κ1) is 11.4. The van der Waals surface area contributed by atoms with Crippen LogP contribution in [0.3, 0.4) is 0 Å². The van der Waals surface area contributed by atoms with Gasteiger partial charge in [0.2, 0.25) is 0 Å². The van der Waals surface area contributed by atoms with E-state index in [-0.39, 0.29) is 0 Å². The van der Waals surface area contributed by atoms with Gasteiger partial charge in [0.1, 0.15) is 0 Å². The highest BCUT2D eigenvalue weighted by Gasteiger charge is 2.04. The van der Waals surface area contributed by atoms with Gasteiger partial charge >= 0.3 is 0 Å². The summed E-state index contributed by atoms with van der Waals surface area (Å²) in [5.74, 6) is 0. The van der Waals surface area contributed by atoms with Crippen LogP contribution < -0.4 is 0 Å². The highest BCUT2D eigenvalue weighted by atomic mass is 79.9. The Morgan fingerprint density at radius 3 is 2.31 bits per heavy atom. The fraction of sp³-hybridized carbons (Fsp3) is 0.200. The van der Waals surface area contributed by atoms with Crippen LogP contribution in [-0.2, 0) is 0 Å². The predicted octanol–water partition coefficient (Wildman–Crippen LogP) is 5.04. The second-order valence-electron chi connectivity index (χ2n) is 4.21. The minimum absolute atomic E-state index is 1.17. The molecule has 82 valence electrons. The number of aryl methyl sites for hydroxylation is 2. The number of hydrogen-bond donors (Lipinski definition) is 0. The maximum absolute atomic E-state index is 3.53. The molecule has 0 aliphatic rings. The molecule has 0 spiro atoms. The molecule has 0 saturated heterocycles. The van der Waals surface area contributed by atoms with E-state index in [0.717, 1.165) is 0 Å². The fourth-order valence-corrected chi connectivity index (χ4v) is 2.12. The van der Waals surface area contributed by atoms with Crippen LogP contribution in [0.25, 0.3) is 11.1 Å². The van der Waals surface area contributed by atoms with Gasteiger partial charge in [-0.3, -0.25) is 0 Å². The maximum Gasteiger partial charge on any atom is 0.0204 e. The molecule has 2 aromatic rings. The lowest BCUT2D eigenvalue weighted by Gasteiger charge is -2.10. The van der Waals surface area contributed by atoms with Crippen molar-refractivity contribution in [1.82, 2.24) is 0 Å². The monoisotopic (exact) mass is 274 g/mol. The molecule has 0 unspecified atom stereocenters. The van der Waals surface area contributed by atoms with Crippen molar-refractivity contribution in [2.75, 3.05) is 0 Å². The normalized spacial score (nSPS) is 10.5. The SMILES string of the molecule is Cc1cc(-c2cccc(C)c2C)ccc1Br. The molecule has 0 aromatic heterocycles. The first-order chi connectivity index (χ1) is 7.59. The Balaban J connectivity index is 2.59. The van der Waals surface area contributed by atoms with E-state index in [0.29, 0.717) is 0 Å². The van der Waals surface area contributed by atoms with Gasteiger partial charge in [-0.1, -0.05) is 46.3 Å². The van der Waals surface area contributed by atoms with Crippen LogP contribution in [0.5, 0.6) is 0 Å². The molecule has 0 atom stereocenters. The molecule has 0 bridgehead atoms.